The number of thioether (sulfide) groups is 1. The van der Waals surface area contributed by atoms with Crippen LogP contribution in [0.25, 0.3) is 0 Å². The fourth-order valence-electron chi connectivity index (χ4n) is 0.857. The van der Waals surface area contributed by atoms with Gasteiger partial charge in [-0.15, -0.1) is 0 Å². The van der Waals surface area contributed by atoms with Crippen molar-refractivity contribution in [1.29, 1.82) is 0 Å². The molecule has 14 heavy (non-hydrogen) atoms. The Morgan fingerprint density at radius 2 is 2.36 bits per heavy atom. The molecular weight excluding hydrogens is 264 g/mol. The molecule has 4 nitrogen and oxygen atoms in total. The van der Waals surface area contributed by atoms with E-state index >= 15 is 0 Å². The minimum absolute atomic E-state index is 0.277. The van der Waals surface area contributed by atoms with Gasteiger partial charge in [-0.05, 0) is 22.2 Å². The van der Waals surface area contributed by atoms with E-state index in [1.54, 1.807) is 11.8 Å². The van der Waals surface area contributed by atoms with Crippen molar-refractivity contribution in [3.8, 4) is 0 Å². The van der Waals surface area contributed by atoms with Gasteiger partial charge in [-0.3, -0.25) is 0 Å². The van der Waals surface area contributed by atoms with Crippen molar-refractivity contribution in [2.45, 2.75) is 12.2 Å². The number of nitrogens with one attached hydrogen (secondary N) is 1. The first-order valence-electron chi connectivity index (χ1n) is 4.18. The zero-order chi connectivity index (χ0) is 10.6. The summed E-state index contributed by atoms with van der Waals surface area (Å²) in [4.78, 5) is 7.98. The van der Waals surface area contributed by atoms with Crippen LogP contribution in [0.1, 0.15) is 6.92 Å². The lowest BCUT2D eigenvalue weighted by atomic mass is 10.4. The molecular formula is C8H13BrN4S. The van der Waals surface area contributed by atoms with E-state index in [1.165, 1.54) is 0 Å². The predicted octanol–water partition coefficient (Wildman–Crippen LogP) is 1.98. The molecule has 1 aromatic heterocycles. The zero-order valence-corrected chi connectivity index (χ0v) is 10.5. The summed E-state index contributed by atoms with van der Waals surface area (Å²) in [5.74, 6) is 1.03. The summed E-state index contributed by atoms with van der Waals surface area (Å²) in [6.07, 6.45) is 2.08. The van der Waals surface area contributed by atoms with E-state index in [-0.39, 0.29) is 5.95 Å². The van der Waals surface area contributed by atoms with Gasteiger partial charge in [-0.25, -0.2) is 4.98 Å². The van der Waals surface area contributed by atoms with Crippen molar-refractivity contribution in [2.24, 2.45) is 0 Å². The van der Waals surface area contributed by atoms with Gasteiger partial charge in [-0.1, -0.05) is 6.92 Å². The summed E-state index contributed by atoms with van der Waals surface area (Å²) >= 11 is 5.06. The summed E-state index contributed by atoms with van der Waals surface area (Å²) in [6.45, 7) is 3.02. The molecule has 0 radical (unpaired) electrons. The molecule has 0 amide bonds. The Balaban J connectivity index is 2.58. The molecule has 0 bridgehead atoms. The van der Waals surface area contributed by atoms with Crippen LogP contribution in [0.4, 0.5) is 11.8 Å². The average Bonchev–Trinajstić information content (AvgIpc) is 2.12. The number of nitrogens with zero attached hydrogens (tertiary/aromatic N) is 2. The smallest absolute Gasteiger partial charge is 0.223 e. The van der Waals surface area contributed by atoms with E-state index in [0.29, 0.717) is 9.85 Å². The van der Waals surface area contributed by atoms with Crippen LogP contribution in [-0.4, -0.2) is 28.0 Å². The minimum atomic E-state index is 0.277. The molecule has 0 aliphatic heterocycles. The molecule has 1 aromatic rings. The van der Waals surface area contributed by atoms with Crippen molar-refractivity contribution in [3.63, 3.8) is 0 Å². The van der Waals surface area contributed by atoms with Crippen LogP contribution in [0, 0.1) is 0 Å². The van der Waals surface area contributed by atoms with Gasteiger partial charge in [-0.2, -0.15) is 16.7 Å². The minimum Gasteiger partial charge on any atom is -0.369 e. The monoisotopic (exact) mass is 276 g/mol. The molecule has 0 aliphatic rings. The van der Waals surface area contributed by atoms with Gasteiger partial charge >= 0.3 is 0 Å². The molecule has 0 aromatic carbocycles. The summed E-state index contributed by atoms with van der Waals surface area (Å²) in [5, 5.41) is 3.74. The first-order chi connectivity index (χ1) is 6.61. The highest BCUT2D eigenvalue weighted by Crippen LogP contribution is 2.14. The van der Waals surface area contributed by atoms with Crippen LogP contribution in [-0.2, 0) is 0 Å². The Kier molecular flexibility index (Phi) is 4.47. The molecule has 78 valence electrons. The van der Waals surface area contributed by atoms with Crippen LogP contribution in [0.5, 0.6) is 0 Å². The standard InChI is InChI=1S/C8H13BrN4S/c1-5(14-2)4-11-7-3-6(9)12-8(10)13-7/h3,5H,4H2,1-2H3,(H3,10,11,12,13). The fourth-order valence-corrected chi connectivity index (χ4v) is 1.51. The van der Waals surface area contributed by atoms with E-state index in [2.05, 4.69) is 44.4 Å². The average molecular weight is 277 g/mol. The lowest BCUT2D eigenvalue weighted by Gasteiger charge is -2.10. The van der Waals surface area contributed by atoms with E-state index < -0.39 is 0 Å². The highest BCUT2D eigenvalue weighted by molar-refractivity contribution is 9.10. The number of rotatable bonds is 4. The van der Waals surface area contributed by atoms with E-state index in [4.69, 9.17) is 5.73 Å². The molecule has 1 heterocycles. The maximum absolute atomic E-state index is 5.50. The van der Waals surface area contributed by atoms with Crippen molar-refractivity contribution < 1.29 is 0 Å². The van der Waals surface area contributed by atoms with Crippen molar-refractivity contribution in [1.82, 2.24) is 9.97 Å². The SMILES string of the molecule is CSC(C)CNc1cc(Br)nc(N)n1. The Hall–Kier alpha value is -0.490. The number of nitrogen functional groups attached to an aromatic ring is 1. The third-order valence-corrected chi connectivity index (χ3v) is 3.06. The number of hydrogen-bond acceptors (Lipinski definition) is 5. The van der Waals surface area contributed by atoms with Crippen LogP contribution < -0.4 is 11.1 Å². The Bertz CT molecular complexity index is 287. The lowest BCUT2D eigenvalue weighted by molar-refractivity contribution is 0.986. The largest absolute Gasteiger partial charge is 0.369 e. The number of anilines is 2. The Morgan fingerprint density at radius 1 is 1.64 bits per heavy atom. The second-order valence-corrected chi connectivity index (χ2v) is 4.95. The first-order valence-corrected chi connectivity index (χ1v) is 6.26. The molecule has 3 N–H and O–H groups in total. The van der Waals surface area contributed by atoms with E-state index in [9.17, 15) is 0 Å². The predicted molar refractivity (Wildman–Crippen MR) is 65.6 cm³/mol. The molecule has 0 spiro atoms. The molecule has 6 heteroatoms. The number of nitrogens with two attached hydrogens (primary N) is 1. The van der Waals surface area contributed by atoms with Gasteiger partial charge in [0.1, 0.15) is 10.4 Å². The van der Waals surface area contributed by atoms with Crippen LogP contribution >= 0.6 is 27.7 Å². The molecule has 0 saturated carbocycles. The molecule has 0 aliphatic carbocycles. The Morgan fingerprint density at radius 3 is 2.93 bits per heavy atom. The van der Waals surface area contributed by atoms with Crippen LogP contribution in [0.2, 0.25) is 0 Å². The lowest BCUT2D eigenvalue weighted by Crippen LogP contribution is -2.14. The highest BCUT2D eigenvalue weighted by Gasteiger charge is 2.02. The summed E-state index contributed by atoms with van der Waals surface area (Å²) < 4.78 is 0.698. The molecule has 1 rings (SSSR count). The summed E-state index contributed by atoms with van der Waals surface area (Å²) in [5.41, 5.74) is 5.50. The van der Waals surface area contributed by atoms with Crippen molar-refractivity contribution in [3.05, 3.63) is 10.7 Å². The maximum atomic E-state index is 5.50. The number of aromatic nitrogens is 2. The molecule has 1 unspecified atom stereocenters. The van der Waals surface area contributed by atoms with Gasteiger partial charge in [0.15, 0.2) is 0 Å². The number of halogens is 1. The van der Waals surface area contributed by atoms with Crippen LogP contribution in [0.15, 0.2) is 10.7 Å². The van der Waals surface area contributed by atoms with Gasteiger partial charge in [0.2, 0.25) is 5.95 Å². The third-order valence-electron chi connectivity index (χ3n) is 1.69. The van der Waals surface area contributed by atoms with Gasteiger partial charge < -0.3 is 11.1 Å². The van der Waals surface area contributed by atoms with Crippen molar-refractivity contribution in [2.75, 3.05) is 23.9 Å². The number of hydrogen-bond donors (Lipinski definition) is 2. The molecule has 0 fully saturated rings. The quantitative estimate of drug-likeness (QED) is 0.824. The zero-order valence-electron chi connectivity index (χ0n) is 8.12. The van der Waals surface area contributed by atoms with Gasteiger partial charge in [0, 0.05) is 17.9 Å². The van der Waals surface area contributed by atoms with Gasteiger partial charge in [0.05, 0.1) is 0 Å². The Labute approximate surface area is 96.2 Å². The fraction of sp³-hybridized carbons (Fsp3) is 0.500. The summed E-state index contributed by atoms with van der Waals surface area (Å²) in [6, 6.07) is 1.81. The second-order valence-electron chi connectivity index (χ2n) is 2.86. The highest BCUT2D eigenvalue weighted by atomic mass is 79.9. The van der Waals surface area contributed by atoms with Crippen LogP contribution in [0.3, 0.4) is 0 Å². The molecule has 0 saturated heterocycles. The molecule has 1 atom stereocenters. The maximum Gasteiger partial charge on any atom is 0.223 e. The second kappa shape index (κ2) is 5.41. The van der Waals surface area contributed by atoms with E-state index in [1.807, 2.05) is 6.07 Å². The normalized spacial score (nSPS) is 12.5. The first kappa shape index (κ1) is 11.6. The topological polar surface area (TPSA) is 63.8 Å². The summed E-state index contributed by atoms with van der Waals surface area (Å²) in [7, 11) is 0. The van der Waals surface area contributed by atoms with E-state index in [0.717, 1.165) is 12.4 Å². The van der Waals surface area contributed by atoms with Crippen molar-refractivity contribution >= 4 is 39.5 Å². The van der Waals surface area contributed by atoms with Gasteiger partial charge in [0.25, 0.3) is 0 Å². The third kappa shape index (κ3) is 3.71.